The summed E-state index contributed by atoms with van der Waals surface area (Å²) in [6.45, 7) is 5.08. The van der Waals surface area contributed by atoms with Gasteiger partial charge >= 0.3 is 3.93 Å². The Morgan fingerprint density at radius 1 is 1.04 bits per heavy atom. The number of alkyl halides is 3. The third-order valence-electron chi connectivity index (χ3n) is 10.0. The van der Waals surface area contributed by atoms with E-state index in [0.29, 0.717) is 46.8 Å². The number of nitrogens with zero attached hydrogens (tertiary/aromatic N) is 2. The van der Waals surface area contributed by atoms with Crippen LogP contribution < -0.4 is 10.1 Å². The highest BCUT2D eigenvalue weighted by Gasteiger charge is 2.28. The monoisotopic (exact) mass is 823 g/mol. The number of aryl methyl sites for hydroxylation is 1. The molecule has 0 saturated carbocycles. The first kappa shape index (κ1) is 37.5. The van der Waals surface area contributed by atoms with Crippen molar-refractivity contribution in [3.05, 3.63) is 69.2 Å². The van der Waals surface area contributed by atoms with Crippen LogP contribution in [0.3, 0.4) is 0 Å². The molecule has 0 radical (unpaired) electrons. The van der Waals surface area contributed by atoms with Crippen molar-refractivity contribution in [2.24, 2.45) is 0 Å². The molecular formula is C38H48F2IN3O5S. The first-order valence-corrected chi connectivity index (χ1v) is 20.0. The van der Waals surface area contributed by atoms with E-state index in [1.54, 1.807) is 12.1 Å². The fourth-order valence-electron chi connectivity index (χ4n) is 7.24. The number of carbonyl (C=O) groups is 1. The van der Waals surface area contributed by atoms with E-state index in [9.17, 15) is 18.7 Å². The summed E-state index contributed by atoms with van der Waals surface area (Å²) >= 11 is 2.26. The van der Waals surface area contributed by atoms with Crippen molar-refractivity contribution in [1.29, 1.82) is 0 Å². The maximum Gasteiger partial charge on any atom is 0.321 e. The van der Waals surface area contributed by atoms with Gasteiger partial charge in [-0.3, -0.25) is 4.79 Å². The Labute approximate surface area is 311 Å². The van der Waals surface area contributed by atoms with Crippen molar-refractivity contribution in [3.8, 4) is 16.3 Å². The van der Waals surface area contributed by atoms with Gasteiger partial charge in [-0.2, -0.15) is 8.78 Å². The molecule has 2 N–H and O–H groups in total. The van der Waals surface area contributed by atoms with Crippen molar-refractivity contribution in [3.63, 3.8) is 0 Å². The van der Waals surface area contributed by atoms with Gasteiger partial charge in [-0.1, -0.05) is 36.4 Å². The minimum atomic E-state index is -2.96. The van der Waals surface area contributed by atoms with Gasteiger partial charge in [0, 0.05) is 46.9 Å². The molecule has 1 amide bonds. The van der Waals surface area contributed by atoms with Gasteiger partial charge in [0.15, 0.2) is 6.29 Å². The van der Waals surface area contributed by atoms with E-state index in [0.717, 1.165) is 124 Å². The quantitative estimate of drug-likeness (QED) is 0.0913. The normalized spacial score (nSPS) is 18.9. The number of ether oxygens (including phenoxy) is 3. The lowest BCUT2D eigenvalue weighted by molar-refractivity contribution is -0.165. The number of unbranched alkanes of at least 4 members (excludes halogenated alkanes) is 1. The topological polar surface area (TPSA) is 93.2 Å². The largest absolute Gasteiger partial charge is 0.491 e. The zero-order valence-electron chi connectivity index (χ0n) is 28.6. The fraction of sp³-hybridized carbons (Fsp3) is 0.579. The number of likely N-dealkylation sites (tertiary alicyclic amines) is 1. The molecule has 3 aromatic rings. The smallest absolute Gasteiger partial charge is 0.321 e. The lowest BCUT2D eigenvalue weighted by Gasteiger charge is -2.34. The number of aliphatic hydroxyl groups excluding tert-OH is 1. The summed E-state index contributed by atoms with van der Waals surface area (Å²) in [7, 11) is 0. The summed E-state index contributed by atoms with van der Waals surface area (Å²) in [6.07, 6.45) is 11.8. The Morgan fingerprint density at radius 2 is 1.84 bits per heavy atom. The number of amides is 1. The highest BCUT2D eigenvalue weighted by atomic mass is 127. The summed E-state index contributed by atoms with van der Waals surface area (Å²) in [5, 5.41) is 13.3. The molecule has 2 aromatic carbocycles. The molecule has 1 aliphatic carbocycles. The molecule has 50 heavy (non-hydrogen) atoms. The molecule has 2 aliphatic heterocycles. The van der Waals surface area contributed by atoms with Gasteiger partial charge in [0.1, 0.15) is 22.2 Å². The van der Waals surface area contributed by atoms with Crippen LogP contribution in [0.15, 0.2) is 36.4 Å². The molecule has 0 bridgehead atoms. The van der Waals surface area contributed by atoms with Crippen molar-refractivity contribution in [2.45, 2.75) is 93.4 Å². The average molecular weight is 824 g/mol. The van der Waals surface area contributed by atoms with Crippen LogP contribution in [0.25, 0.3) is 10.6 Å². The predicted molar refractivity (Wildman–Crippen MR) is 199 cm³/mol. The standard InChI is InChI=1S/C38H48F2IN3O5S/c39-38(40,41)29-13-10-28(11-14-29)37-43-32(25-45)35(50-37)36(46)42-18-4-5-19-44-20-16-27(17-21-44)31-15-12-26-7-1-2-8-30(26)34(31)49-24-23-48-33-9-3-6-22-47-33/h10-15,27,33,45H,1-9,16-25H2,(H,42,46). The van der Waals surface area contributed by atoms with E-state index in [-0.39, 0.29) is 24.4 Å². The third kappa shape index (κ3) is 9.80. The molecule has 2 saturated heterocycles. The molecule has 3 heterocycles. The lowest BCUT2D eigenvalue weighted by atomic mass is 9.83. The number of aromatic nitrogens is 1. The maximum absolute atomic E-state index is 13.6. The van der Waals surface area contributed by atoms with E-state index in [2.05, 4.69) is 27.3 Å². The number of hydrogen-bond donors (Lipinski definition) is 2. The molecule has 1 aromatic heterocycles. The summed E-state index contributed by atoms with van der Waals surface area (Å²) in [6, 6.07) is 10.5. The van der Waals surface area contributed by atoms with E-state index >= 15 is 0 Å². The lowest BCUT2D eigenvalue weighted by Crippen LogP contribution is -2.34. The van der Waals surface area contributed by atoms with Crippen LogP contribution in [0.5, 0.6) is 5.75 Å². The number of hydrogen-bond acceptors (Lipinski definition) is 8. The minimum absolute atomic E-state index is 0.0964. The van der Waals surface area contributed by atoms with Crippen molar-refractivity contribution < 1.29 is 32.9 Å². The Hall–Kier alpha value is -2.23. The number of piperidine rings is 1. The van der Waals surface area contributed by atoms with Gasteiger partial charge in [0.05, 0.1) is 18.9 Å². The molecule has 3 aliphatic rings. The zero-order chi connectivity index (χ0) is 34.9. The molecule has 8 nitrogen and oxygen atoms in total. The second-order valence-electron chi connectivity index (χ2n) is 13.5. The third-order valence-corrected chi connectivity index (χ3v) is 11.8. The van der Waals surface area contributed by atoms with Gasteiger partial charge in [-0.05, 0) is 113 Å². The van der Waals surface area contributed by atoms with Crippen LogP contribution >= 0.6 is 33.9 Å². The number of halogens is 3. The SMILES string of the molecule is O=C(NCCCCN1CCC(c2ccc3c(c2OCCOC2CCCCO2)CCCC3)CC1)c1sc(-c2ccc(C(F)(F)I)cc2)nc1CO. The number of aliphatic hydroxyl groups is 1. The fourth-order valence-corrected chi connectivity index (χ4v) is 8.60. The molecule has 0 spiro atoms. The summed E-state index contributed by atoms with van der Waals surface area (Å²) in [4.78, 5) is 20.3. The van der Waals surface area contributed by atoms with Crippen LogP contribution in [0, 0.1) is 0 Å². The molecule has 12 heteroatoms. The molecule has 6 rings (SSSR count). The van der Waals surface area contributed by atoms with Crippen LogP contribution in [-0.4, -0.2) is 73.2 Å². The van der Waals surface area contributed by atoms with E-state index in [4.69, 9.17) is 14.2 Å². The Bertz CT molecular complexity index is 1550. The summed E-state index contributed by atoms with van der Waals surface area (Å²) < 4.78 is 42.5. The average Bonchev–Trinajstić information content (AvgIpc) is 3.58. The Balaban J connectivity index is 0.946. The number of benzene rings is 2. The zero-order valence-corrected chi connectivity index (χ0v) is 31.5. The van der Waals surface area contributed by atoms with Crippen molar-refractivity contribution >= 4 is 39.8 Å². The summed E-state index contributed by atoms with van der Waals surface area (Å²) in [5.41, 5.74) is 5.03. The molecular weight excluding hydrogens is 775 g/mol. The van der Waals surface area contributed by atoms with Crippen LogP contribution in [0.2, 0.25) is 0 Å². The highest BCUT2D eigenvalue weighted by molar-refractivity contribution is 14.1. The Morgan fingerprint density at radius 3 is 2.58 bits per heavy atom. The van der Waals surface area contributed by atoms with Gasteiger partial charge < -0.3 is 29.5 Å². The minimum Gasteiger partial charge on any atom is -0.491 e. The van der Waals surface area contributed by atoms with Crippen LogP contribution in [-0.2, 0) is 32.9 Å². The van der Waals surface area contributed by atoms with E-state index in [1.165, 1.54) is 41.7 Å². The maximum atomic E-state index is 13.6. The van der Waals surface area contributed by atoms with Crippen LogP contribution in [0.4, 0.5) is 8.78 Å². The van der Waals surface area contributed by atoms with E-state index in [1.807, 2.05) is 0 Å². The second-order valence-corrected chi connectivity index (χ2v) is 15.8. The van der Waals surface area contributed by atoms with Gasteiger partial charge in [0.2, 0.25) is 0 Å². The first-order valence-electron chi connectivity index (χ1n) is 18.1. The first-order chi connectivity index (χ1) is 24.3. The number of rotatable bonds is 15. The second kappa shape index (κ2) is 18.0. The van der Waals surface area contributed by atoms with Gasteiger partial charge in [-0.15, -0.1) is 11.3 Å². The number of thiazole rings is 1. The summed E-state index contributed by atoms with van der Waals surface area (Å²) in [5.74, 6) is 1.32. The van der Waals surface area contributed by atoms with Crippen molar-refractivity contribution in [1.82, 2.24) is 15.2 Å². The van der Waals surface area contributed by atoms with Gasteiger partial charge in [-0.25, -0.2) is 4.98 Å². The number of fused-ring (bicyclic) bond motifs is 1. The molecule has 1 unspecified atom stereocenters. The van der Waals surface area contributed by atoms with Crippen LogP contribution in [0.1, 0.15) is 101 Å². The number of nitrogens with one attached hydrogen (secondary N) is 1. The molecule has 272 valence electrons. The molecule has 1 atom stereocenters. The molecule has 2 fully saturated rings. The predicted octanol–water partition coefficient (Wildman–Crippen LogP) is 7.98. The van der Waals surface area contributed by atoms with Crippen molar-refractivity contribution in [2.75, 3.05) is 46.0 Å². The van der Waals surface area contributed by atoms with E-state index < -0.39 is 3.93 Å². The van der Waals surface area contributed by atoms with Gasteiger partial charge in [0.25, 0.3) is 5.91 Å². The highest BCUT2D eigenvalue weighted by Crippen LogP contribution is 2.41. The Kier molecular flexibility index (Phi) is 13.5. The number of carbonyl (C=O) groups excluding carboxylic acids is 1.